The van der Waals surface area contributed by atoms with Gasteiger partial charge in [0.05, 0.1) is 19.9 Å². The second kappa shape index (κ2) is 8.24. The lowest BCUT2D eigenvalue weighted by Crippen LogP contribution is -2.26. The first-order valence-corrected chi connectivity index (χ1v) is 8.21. The predicted molar refractivity (Wildman–Crippen MR) is 94.6 cm³/mol. The fourth-order valence-corrected chi connectivity index (χ4v) is 2.59. The number of methoxy groups -OCH3 is 1. The van der Waals surface area contributed by atoms with E-state index in [0.717, 1.165) is 11.3 Å². The van der Waals surface area contributed by atoms with Gasteiger partial charge in [-0.2, -0.15) is 0 Å². The van der Waals surface area contributed by atoms with Gasteiger partial charge in [0.2, 0.25) is 0 Å². The maximum absolute atomic E-state index is 13.7. The van der Waals surface area contributed by atoms with Crippen LogP contribution in [-0.4, -0.2) is 34.6 Å². The highest BCUT2D eigenvalue weighted by atomic mass is 19.1. The number of halogens is 1. The van der Waals surface area contributed by atoms with E-state index in [1.165, 1.54) is 16.9 Å². The summed E-state index contributed by atoms with van der Waals surface area (Å²) in [5.41, 5.74) is 1.69. The van der Waals surface area contributed by atoms with Gasteiger partial charge >= 0.3 is 0 Å². The number of carbonyl (C=O) groups excluding carboxylic acids is 1. The molecule has 1 aromatic heterocycles. The van der Waals surface area contributed by atoms with Crippen molar-refractivity contribution in [2.24, 2.45) is 0 Å². The third kappa shape index (κ3) is 4.24. The number of nitrogens with zero attached hydrogens (tertiary/aromatic N) is 3. The fourth-order valence-electron chi connectivity index (χ4n) is 2.59. The van der Waals surface area contributed by atoms with Crippen molar-refractivity contribution in [3.05, 3.63) is 77.4 Å². The van der Waals surface area contributed by atoms with Crippen molar-refractivity contribution in [2.75, 3.05) is 13.7 Å². The second-order valence-electron chi connectivity index (χ2n) is 5.71. The summed E-state index contributed by atoms with van der Waals surface area (Å²) in [6, 6.07) is 14.1. The van der Waals surface area contributed by atoms with E-state index in [0.29, 0.717) is 18.5 Å². The molecule has 134 valence electrons. The van der Waals surface area contributed by atoms with Gasteiger partial charge < -0.3 is 10.1 Å². The van der Waals surface area contributed by atoms with Crippen molar-refractivity contribution in [1.82, 2.24) is 20.3 Å². The minimum Gasteiger partial charge on any atom is -0.496 e. The SMILES string of the molecule is COc1ccccc1CCNC(=O)c1cn(Cc2ccccc2F)nn1. The van der Waals surface area contributed by atoms with Crippen molar-refractivity contribution < 1.29 is 13.9 Å². The first-order valence-electron chi connectivity index (χ1n) is 8.21. The molecule has 2 aromatic carbocycles. The molecule has 0 radical (unpaired) electrons. The van der Waals surface area contributed by atoms with Gasteiger partial charge in [-0.3, -0.25) is 4.79 Å². The lowest BCUT2D eigenvalue weighted by atomic mass is 10.1. The molecule has 0 saturated heterocycles. The molecule has 7 heteroatoms. The molecule has 26 heavy (non-hydrogen) atoms. The summed E-state index contributed by atoms with van der Waals surface area (Å²) in [6.07, 6.45) is 2.14. The van der Waals surface area contributed by atoms with Crippen molar-refractivity contribution in [3.8, 4) is 5.75 Å². The van der Waals surface area contributed by atoms with Gasteiger partial charge in [0.1, 0.15) is 11.6 Å². The quantitative estimate of drug-likeness (QED) is 0.708. The smallest absolute Gasteiger partial charge is 0.273 e. The zero-order chi connectivity index (χ0) is 18.4. The highest BCUT2D eigenvalue weighted by Crippen LogP contribution is 2.17. The van der Waals surface area contributed by atoms with E-state index in [-0.39, 0.29) is 24.0 Å². The number of ether oxygens (including phenoxy) is 1. The molecule has 0 saturated carbocycles. The van der Waals surface area contributed by atoms with E-state index < -0.39 is 0 Å². The third-order valence-electron chi connectivity index (χ3n) is 3.93. The number of rotatable bonds is 7. The molecule has 0 aliphatic carbocycles. The first-order chi connectivity index (χ1) is 12.7. The van der Waals surface area contributed by atoms with Crippen LogP contribution in [0.5, 0.6) is 5.75 Å². The van der Waals surface area contributed by atoms with Crippen LogP contribution in [0.15, 0.2) is 54.7 Å². The molecular weight excluding hydrogens is 335 g/mol. The Hall–Kier alpha value is -3.22. The van der Waals surface area contributed by atoms with Gasteiger partial charge in [0.25, 0.3) is 5.91 Å². The summed E-state index contributed by atoms with van der Waals surface area (Å²) in [7, 11) is 1.62. The highest BCUT2D eigenvalue weighted by Gasteiger charge is 2.12. The molecule has 0 spiro atoms. The predicted octanol–water partition coefficient (Wildman–Crippen LogP) is 2.45. The topological polar surface area (TPSA) is 69.0 Å². The van der Waals surface area contributed by atoms with Crippen molar-refractivity contribution in [3.63, 3.8) is 0 Å². The van der Waals surface area contributed by atoms with E-state index >= 15 is 0 Å². The van der Waals surface area contributed by atoms with Gasteiger partial charge in [-0.1, -0.05) is 41.6 Å². The standard InChI is InChI=1S/C19H19FN4O2/c1-26-18-9-5-3-6-14(18)10-11-21-19(25)17-13-24(23-22-17)12-15-7-2-4-8-16(15)20/h2-9,13H,10-12H2,1H3,(H,21,25). The average Bonchev–Trinajstić information content (AvgIpc) is 3.13. The summed E-state index contributed by atoms with van der Waals surface area (Å²) >= 11 is 0. The molecular formula is C19H19FN4O2. The molecule has 0 aliphatic heterocycles. The summed E-state index contributed by atoms with van der Waals surface area (Å²) in [6.45, 7) is 0.660. The largest absolute Gasteiger partial charge is 0.496 e. The molecule has 1 amide bonds. The number of benzene rings is 2. The molecule has 0 aliphatic rings. The van der Waals surface area contributed by atoms with Crippen LogP contribution in [0, 0.1) is 5.82 Å². The number of hydrogen-bond acceptors (Lipinski definition) is 4. The van der Waals surface area contributed by atoms with E-state index in [1.54, 1.807) is 25.3 Å². The summed E-state index contributed by atoms with van der Waals surface area (Å²) in [4.78, 5) is 12.2. The van der Waals surface area contributed by atoms with E-state index in [2.05, 4.69) is 15.6 Å². The number of aromatic nitrogens is 3. The van der Waals surface area contributed by atoms with Crippen LogP contribution in [0.1, 0.15) is 21.6 Å². The van der Waals surface area contributed by atoms with Crippen molar-refractivity contribution in [1.29, 1.82) is 0 Å². The van der Waals surface area contributed by atoms with Crippen LogP contribution in [0.2, 0.25) is 0 Å². The molecule has 0 fully saturated rings. The van der Waals surface area contributed by atoms with Crippen LogP contribution in [0.3, 0.4) is 0 Å². The Morgan fingerprint density at radius 1 is 1.15 bits per heavy atom. The van der Waals surface area contributed by atoms with E-state index in [4.69, 9.17) is 4.74 Å². The van der Waals surface area contributed by atoms with E-state index in [1.807, 2.05) is 24.3 Å². The van der Waals surface area contributed by atoms with Gasteiger partial charge in [-0.05, 0) is 24.1 Å². The van der Waals surface area contributed by atoms with Crippen LogP contribution >= 0.6 is 0 Å². The van der Waals surface area contributed by atoms with Crippen LogP contribution in [-0.2, 0) is 13.0 Å². The Morgan fingerprint density at radius 3 is 2.65 bits per heavy atom. The zero-order valence-corrected chi connectivity index (χ0v) is 14.4. The average molecular weight is 354 g/mol. The molecule has 0 atom stereocenters. The number of nitrogens with one attached hydrogen (secondary N) is 1. The molecule has 1 N–H and O–H groups in total. The highest BCUT2D eigenvalue weighted by molar-refractivity contribution is 5.91. The summed E-state index contributed by atoms with van der Waals surface area (Å²) < 4.78 is 20.4. The number of hydrogen-bond donors (Lipinski definition) is 1. The van der Waals surface area contributed by atoms with Crippen LogP contribution in [0.25, 0.3) is 0 Å². The second-order valence-corrected chi connectivity index (χ2v) is 5.71. The Morgan fingerprint density at radius 2 is 1.88 bits per heavy atom. The van der Waals surface area contributed by atoms with Gasteiger partial charge in [-0.15, -0.1) is 5.10 Å². The maximum atomic E-state index is 13.7. The zero-order valence-electron chi connectivity index (χ0n) is 14.4. The molecule has 6 nitrogen and oxygen atoms in total. The maximum Gasteiger partial charge on any atom is 0.273 e. The summed E-state index contributed by atoms with van der Waals surface area (Å²) in [5.74, 6) is 0.156. The fraction of sp³-hybridized carbons (Fsp3) is 0.211. The van der Waals surface area contributed by atoms with Gasteiger partial charge in [0.15, 0.2) is 5.69 Å². The minimum absolute atomic E-state index is 0.196. The third-order valence-corrected chi connectivity index (χ3v) is 3.93. The van der Waals surface area contributed by atoms with Crippen molar-refractivity contribution >= 4 is 5.91 Å². The number of amides is 1. The Bertz CT molecular complexity index is 895. The van der Waals surface area contributed by atoms with Gasteiger partial charge in [0, 0.05) is 12.1 Å². The Kier molecular flexibility index (Phi) is 5.58. The minimum atomic E-state index is -0.320. The number of para-hydroxylation sites is 1. The molecule has 1 heterocycles. The normalized spacial score (nSPS) is 10.5. The molecule has 3 rings (SSSR count). The van der Waals surface area contributed by atoms with Crippen LogP contribution in [0.4, 0.5) is 4.39 Å². The Labute approximate surface area is 150 Å². The van der Waals surface area contributed by atoms with Crippen molar-refractivity contribution in [2.45, 2.75) is 13.0 Å². The van der Waals surface area contributed by atoms with Gasteiger partial charge in [-0.25, -0.2) is 9.07 Å². The van der Waals surface area contributed by atoms with E-state index in [9.17, 15) is 9.18 Å². The lowest BCUT2D eigenvalue weighted by Gasteiger charge is -2.08. The molecule has 3 aromatic rings. The molecule has 0 unspecified atom stereocenters. The summed E-state index contributed by atoms with van der Waals surface area (Å²) in [5, 5.41) is 10.5. The first kappa shape index (κ1) is 17.6. The lowest BCUT2D eigenvalue weighted by molar-refractivity contribution is 0.0949. The van der Waals surface area contributed by atoms with Crippen LogP contribution < -0.4 is 10.1 Å². The number of carbonyl (C=O) groups is 1. The Balaban J connectivity index is 1.56. The molecule has 0 bridgehead atoms. The monoisotopic (exact) mass is 354 g/mol.